The summed E-state index contributed by atoms with van der Waals surface area (Å²) in [5.74, 6) is 3.28. The molecule has 20 heavy (non-hydrogen) atoms. The average molecular weight is 340 g/mol. The van der Waals surface area contributed by atoms with Gasteiger partial charge in [0.2, 0.25) is 0 Å². The molecule has 3 nitrogen and oxygen atoms in total. The molecule has 0 spiro atoms. The van der Waals surface area contributed by atoms with E-state index < -0.39 is 0 Å². The van der Waals surface area contributed by atoms with Crippen LogP contribution in [0.25, 0.3) is 0 Å². The minimum Gasteiger partial charge on any atom is -0.486 e. The van der Waals surface area contributed by atoms with Crippen LogP contribution in [0.2, 0.25) is 0 Å². The van der Waals surface area contributed by atoms with Crippen molar-refractivity contribution in [2.45, 2.75) is 39.2 Å². The van der Waals surface area contributed by atoms with Gasteiger partial charge < -0.3 is 14.8 Å². The molecule has 1 fully saturated rings. The molecule has 2 aliphatic rings. The first-order chi connectivity index (χ1) is 9.61. The van der Waals surface area contributed by atoms with Crippen LogP contribution in [0.15, 0.2) is 16.6 Å². The molecule has 0 saturated heterocycles. The first-order valence-electron chi connectivity index (χ1n) is 7.47. The molecule has 0 aromatic heterocycles. The summed E-state index contributed by atoms with van der Waals surface area (Å²) in [6.45, 7) is 5.96. The number of ether oxygens (including phenoxy) is 2. The largest absolute Gasteiger partial charge is 0.486 e. The fraction of sp³-hybridized carbons (Fsp3) is 0.625. The Hall–Kier alpha value is -0.900. The van der Waals surface area contributed by atoms with Gasteiger partial charge >= 0.3 is 0 Å². The van der Waals surface area contributed by atoms with Crippen LogP contribution >= 0.6 is 15.9 Å². The Kier molecular flexibility index (Phi) is 4.11. The summed E-state index contributed by atoms with van der Waals surface area (Å²) in [7, 11) is 0. The van der Waals surface area contributed by atoms with E-state index in [1.54, 1.807) is 0 Å². The number of benzene rings is 1. The Morgan fingerprint density at radius 3 is 2.25 bits per heavy atom. The summed E-state index contributed by atoms with van der Waals surface area (Å²) < 4.78 is 12.3. The molecule has 1 heterocycles. The fourth-order valence-electron chi connectivity index (χ4n) is 3.46. The number of hydrogen-bond acceptors (Lipinski definition) is 3. The van der Waals surface area contributed by atoms with E-state index in [0.29, 0.717) is 19.3 Å². The van der Waals surface area contributed by atoms with Crippen LogP contribution in [-0.4, -0.2) is 19.3 Å². The lowest BCUT2D eigenvalue weighted by molar-refractivity contribution is 0.171. The Morgan fingerprint density at radius 2 is 1.60 bits per heavy atom. The van der Waals surface area contributed by atoms with Gasteiger partial charge in [-0.25, -0.2) is 0 Å². The van der Waals surface area contributed by atoms with E-state index in [4.69, 9.17) is 9.47 Å². The zero-order chi connectivity index (χ0) is 14.1. The second-order valence-electron chi connectivity index (χ2n) is 6.23. The highest BCUT2D eigenvalue weighted by atomic mass is 79.9. The number of halogens is 1. The van der Waals surface area contributed by atoms with Crippen molar-refractivity contribution in [2.75, 3.05) is 18.5 Å². The molecule has 0 amide bonds. The maximum Gasteiger partial charge on any atom is 0.163 e. The van der Waals surface area contributed by atoms with Gasteiger partial charge in [-0.15, -0.1) is 0 Å². The lowest BCUT2D eigenvalue weighted by Gasteiger charge is -2.33. The van der Waals surface area contributed by atoms with Crippen molar-refractivity contribution in [1.29, 1.82) is 0 Å². The van der Waals surface area contributed by atoms with Gasteiger partial charge in [0, 0.05) is 22.6 Å². The van der Waals surface area contributed by atoms with E-state index in [9.17, 15) is 0 Å². The average Bonchev–Trinajstić information content (AvgIpc) is 2.38. The molecule has 110 valence electrons. The molecule has 4 heteroatoms. The van der Waals surface area contributed by atoms with Crippen molar-refractivity contribution in [3.05, 3.63) is 16.6 Å². The van der Waals surface area contributed by atoms with Crippen LogP contribution in [-0.2, 0) is 0 Å². The molecular weight excluding hydrogens is 318 g/mol. The first-order valence-corrected chi connectivity index (χ1v) is 8.27. The van der Waals surface area contributed by atoms with Gasteiger partial charge in [-0.3, -0.25) is 0 Å². The maximum atomic E-state index is 5.66. The third-order valence-electron chi connectivity index (χ3n) is 4.17. The van der Waals surface area contributed by atoms with Gasteiger partial charge in [0.1, 0.15) is 13.2 Å². The monoisotopic (exact) mass is 339 g/mol. The van der Waals surface area contributed by atoms with Gasteiger partial charge in [0.15, 0.2) is 11.5 Å². The zero-order valence-electron chi connectivity index (χ0n) is 12.1. The molecule has 2 unspecified atom stereocenters. The van der Waals surface area contributed by atoms with Crippen LogP contribution in [0.3, 0.4) is 0 Å². The highest BCUT2D eigenvalue weighted by molar-refractivity contribution is 9.10. The summed E-state index contributed by atoms with van der Waals surface area (Å²) in [5.41, 5.74) is 1.11. The Morgan fingerprint density at radius 1 is 1.00 bits per heavy atom. The Labute approximate surface area is 129 Å². The van der Waals surface area contributed by atoms with Crippen LogP contribution in [0.4, 0.5) is 5.69 Å². The standard InChI is InChI=1S/C16H22BrNO2/c1-10-5-11(2)7-12(6-10)18-14-9-16-15(8-13(14)17)19-3-4-20-16/h8-12,18H,3-7H2,1-2H3. The third-order valence-corrected chi connectivity index (χ3v) is 4.83. The van der Waals surface area contributed by atoms with Crippen molar-refractivity contribution >= 4 is 21.6 Å². The second-order valence-corrected chi connectivity index (χ2v) is 7.09. The smallest absolute Gasteiger partial charge is 0.163 e. The van der Waals surface area contributed by atoms with E-state index in [0.717, 1.165) is 33.5 Å². The fourth-order valence-corrected chi connectivity index (χ4v) is 3.90. The number of nitrogens with one attached hydrogen (secondary N) is 1. The van der Waals surface area contributed by atoms with Crippen LogP contribution in [0, 0.1) is 11.8 Å². The van der Waals surface area contributed by atoms with E-state index in [1.165, 1.54) is 19.3 Å². The quantitative estimate of drug-likeness (QED) is 0.862. The second kappa shape index (κ2) is 5.84. The highest BCUT2D eigenvalue weighted by Crippen LogP contribution is 2.39. The van der Waals surface area contributed by atoms with Crippen molar-refractivity contribution in [3.63, 3.8) is 0 Å². The van der Waals surface area contributed by atoms with Gasteiger partial charge in [-0.05, 0) is 47.0 Å². The van der Waals surface area contributed by atoms with Crippen molar-refractivity contribution in [2.24, 2.45) is 11.8 Å². The summed E-state index contributed by atoms with van der Waals surface area (Å²) >= 11 is 3.63. The predicted octanol–water partition coefficient (Wildman–Crippen LogP) is 4.46. The minimum atomic E-state index is 0.549. The number of hydrogen-bond donors (Lipinski definition) is 1. The molecule has 0 bridgehead atoms. The molecule has 1 N–H and O–H groups in total. The number of anilines is 1. The first kappa shape index (κ1) is 14.1. The van der Waals surface area contributed by atoms with Crippen molar-refractivity contribution in [1.82, 2.24) is 0 Å². The molecule has 1 aliphatic carbocycles. The van der Waals surface area contributed by atoms with Gasteiger partial charge in [-0.1, -0.05) is 13.8 Å². The summed E-state index contributed by atoms with van der Waals surface area (Å²) in [6, 6.07) is 4.61. The van der Waals surface area contributed by atoms with E-state index in [2.05, 4.69) is 41.2 Å². The SMILES string of the molecule is CC1CC(C)CC(Nc2cc3c(cc2Br)OCCO3)C1. The normalized spacial score (nSPS) is 29.1. The topological polar surface area (TPSA) is 30.5 Å². The Bertz CT molecular complexity index is 482. The molecule has 3 rings (SSSR count). The number of fused-ring (bicyclic) bond motifs is 1. The van der Waals surface area contributed by atoms with Crippen LogP contribution in [0.5, 0.6) is 11.5 Å². The van der Waals surface area contributed by atoms with Gasteiger partial charge in [0.25, 0.3) is 0 Å². The summed E-state index contributed by atoms with van der Waals surface area (Å²) in [5, 5.41) is 3.68. The molecule has 2 atom stereocenters. The lowest BCUT2D eigenvalue weighted by Crippen LogP contribution is -2.30. The van der Waals surface area contributed by atoms with E-state index in [1.807, 2.05) is 6.07 Å². The van der Waals surface area contributed by atoms with Crippen molar-refractivity contribution < 1.29 is 9.47 Å². The molecule has 1 saturated carbocycles. The summed E-state index contributed by atoms with van der Waals surface area (Å²) in [4.78, 5) is 0. The zero-order valence-corrected chi connectivity index (χ0v) is 13.7. The third kappa shape index (κ3) is 3.05. The van der Waals surface area contributed by atoms with Crippen molar-refractivity contribution in [3.8, 4) is 11.5 Å². The van der Waals surface area contributed by atoms with Gasteiger partial charge in [0.05, 0.1) is 5.69 Å². The molecule has 1 aliphatic heterocycles. The van der Waals surface area contributed by atoms with E-state index in [-0.39, 0.29) is 0 Å². The molecule has 1 aromatic carbocycles. The van der Waals surface area contributed by atoms with E-state index >= 15 is 0 Å². The number of rotatable bonds is 2. The van der Waals surface area contributed by atoms with Crippen LogP contribution < -0.4 is 14.8 Å². The minimum absolute atomic E-state index is 0.549. The maximum absolute atomic E-state index is 5.66. The predicted molar refractivity (Wildman–Crippen MR) is 84.7 cm³/mol. The Balaban J connectivity index is 1.76. The molecule has 1 aromatic rings. The molecule has 0 radical (unpaired) electrons. The summed E-state index contributed by atoms with van der Waals surface area (Å²) in [6.07, 6.45) is 3.83. The lowest BCUT2D eigenvalue weighted by atomic mass is 9.80. The van der Waals surface area contributed by atoms with Gasteiger partial charge in [-0.2, -0.15) is 0 Å². The molecular formula is C16H22BrNO2. The highest BCUT2D eigenvalue weighted by Gasteiger charge is 2.25. The van der Waals surface area contributed by atoms with Crippen LogP contribution in [0.1, 0.15) is 33.1 Å².